The number of aryl methyl sites for hydroxylation is 1. The van der Waals surface area contributed by atoms with E-state index in [1.807, 2.05) is 23.9 Å². The second kappa shape index (κ2) is 6.43. The van der Waals surface area contributed by atoms with Gasteiger partial charge in [-0.1, -0.05) is 0 Å². The summed E-state index contributed by atoms with van der Waals surface area (Å²) in [4.78, 5) is 30.8. The lowest BCUT2D eigenvalue weighted by atomic mass is 9.95. The van der Waals surface area contributed by atoms with Crippen LogP contribution in [0.25, 0.3) is 0 Å². The molecule has 0 saturated carbocycles. The third kappa shape index (κ3) is 2.89. The largest absolute Gasteiger partial charge is 0.345 e. The van der Waals surface area contributed by atoms with Gasteiger partial charge in [0.15, 0.2) is 0 Å². The molecule has 130 valence electrons. The van der Waals surface area contributed by atoms with Crippen molar-refractivity contribution >= 4 is 11.8 Å². The van der Waals surface area contributed by atoms with Crippen LogP contribution in [-0.2, 0) is 18.9 Å². The monoisotopic (exact) mass is 340 g/mol. The quantitative estimate of drug-likeness (QED) is 0.890. The number of nitrogens with zero attached hydrogens (tertiary/aromatic N) is 5. The van der Waals surface area contributed by atoms with Gasteiger partial charge < -0.3 is 19.4 Å². The van der Waals surface area contributed by atoms with Gasteiger partial charge in [-0.2, -0.15) is 5.26 Å². The summed E-state index contributed by atoms with van der Waals surface area (Å²) in [5.41, 5.74) is 0.830. The van der Waals surface area contributed by atoms with E-state index in [1.165, 1.54) is 0 Å². The van der Waals surface area contributed by atoms with Gasteiger partial charge in [0.2, 0.25) is 5.91 Å². The molecule has 2 aromatic heterocycles. The number of carbonyl (C=O) groups is 2. The van der Waals surface area contributed by atoms with Gasteiger partial charge in [0, 0.05) is 40.0 Å². The number of nitriles is 1. The molecule has 0 unspecified atom stereocenters. The van der Waals surface area contributed by atoms with E-state index in [-0.39, 0.29) is 23.9 Å². The minimum absolute atomic E-state index is 0.0316. The van der Waals surface area contributed by atoms with E-state index in [1.54, 1.807) is 41.9 Å². The fourth-order valence-electron chi connectivity index (χ4n) is 3.30. The van der Waals surface area contributed by atoms with Crippen LogP contribution in [0, 0.1) is 11.3 Å². The molecule has 0 aromatic carbocycles. The highest BCUT2D eigenvalue weighted by Gasteiger charge is 2.38. The van der Waals surface area contributed by atoms with Crippen LogP contribution in [-0.4, -0.2) is 43.9 Å². The molecule has 2 amide bonds. The number of imidazole rings is 1. The van der Waals surface area contributed by atoms with Crippen molar-refractivity contribution in [3.8, 4) is 6.07 Å². The molecule has 1 aliphatic heterocycles. The van der Waals surface area contributed by atoms with E-state index in [0.29, 0.717) is 24.2 Å². The summed E-state index contributed by atoms with van der Waals surface area (Å²) in [5, 5.41) is 12.1. The summed E-state index contributed by atoms with van der Waals surface area (Å²) < 4.78 is 3.41. The molecule has 8 heteroatoms. The summed E-state index contributed by atoms with van der Waals surface area (Å²) in [5.74, 6) is 0.491. The van der Waals surface area contributed by atoms with Crippen molar-refractivity contribution in [1.82, 2.24) is 24.3 Å². The van der Waals surface area contributed by atoms with Crippen LogP contribution in [0.5, 0.6) is 0 Å². The smallest absolute Gasteiger partial charge is 0.268 e. The molecule has 1 aliphatic rings. The van der Waals surface area contributed by atoms with E-state index in [0.717, 1.165) is 5.82 Å². The predicted octanol–water partition coefficient (Wildman–Crippen LogP) is 0.722. The minimum atomic E-state index is -0.332. The zero-order chi connectivity index (χ0) is 18.1. The molecule has 3 rings (SSSR count). The Morgan fingerprint density at radius 1 is 1.36 bits per heavy atom. The Balaban J connectivity index is 1.87. The molecule has 1 N–H and O–H groups in total. The highest BCUT2D eigenvalue weighted by atomic mass is 16.2. The first-order chi connectivity index (χ1) is 11.9. The number of piperidine rings is 1. The number of nitrogens with one attached hydrogen (secondary N) is 1. The minimum Gasteiger partial charge on any atom is -0.345 e. The number of rotatable bonds is 3. The molecule has 2 atom stereocenters. The van der Waals surface area contributed by atoms with E-state index in [2.05, 4.69) is 10.3 Å². The van der Waals surface area contributed by atoms with E-state index >= 15 is 0 Å². The number of carbonyl (C=O) groups excluding carboxylic acids is 2. The van der Waals surface area contributed by atoms with Crippen LogP contribution in [0.1, 0.15) is 40.9 Å². The van der Waals surface area contributed by atoms with E-state index in [4.69, 9.17) is 5.26 Å². The van der Waals surface area contributed by atoms with Crippen LogP contribution in [0.2, 0.25) is 0 Å². The summed E-state index contributed by atoms with van der Waals surface area (Å²) in [6.07, 6.45) is 4.41. The molecule has 25 heavy (non-hydrogen) atoms. The van der Waals surface area contributed by atoms with Gasteiger partial charge in [-0.25, -0.2) is 4.98 Å². The average molecular weight is 340 g/mol. The first-order valence-corrected chi connectivity index (χ1v) is 8.03. The van der Waals surface area contributed by atoms with Crippen LogP contribution in [0.3, 0.4) is 0 Å². The van der Waals surface area contributed by atoms with Crippen LogP contribution in [0.4, 0.5) is 0 Å². The van der Waals surface area contributed by atoms with Crippen molar-refractivity contribution in [2.45, 2.75) is 24.9 Å². The average Bonchev–Trinajstić information content (AvgIpc) is 3.17. The second-order valence-corrected chi connectivity index (χ2v) is 6.24. The van der Waals surface area contributed by atoms with Gasteiger partial charge in [-0.3, -0.25) is 9.59 Å². The first-order valence-electron chi connectivity index (χ1n) is 8.03. The number of amides is 2. The molecule has 0 spiro atoms. The van der Waals surface area contributed by atoms with Crippen molar-refractivity contribution in [2.24, 2.45) is 14.1 Å². The normalized spacial score (nSPS) is 20.4. The number of aromatic nitrogens is 3. The van der Waals surface area contributed by atoms with Crippen molar-refractivity contribution in [3.05, 3.63) is 41.7 Å². The molecule has 0 bridgehead atoms. The maximum Gasteiger partial charge on any atom is 0.268 e. The molecular formula is C17H20N6O2. The lowest BCUT2D eigenvalue weighted by Gasteiger charge is -2.38. The van der Waals surface area contributed by atoms with Crippen molar-refractivity contribution in [3.63, 3.8) is 0 Å². The highest BCUT2D eigenvalue weighted by molar-refractivity contribution is 5.93. The van der Waals surface area contributed by atoms with Crippen LogP contribution in [0.15, 0.2) is 24.5 Å². The Kier molecular flexibility index (Phi) is 4.31. The predicted molar refractivity (Wildman–Crippen MR) is 89.3 cm³/mol. The van der Waals surface area contributed by atoms with Gasteiger partial charge in [-0.15, -0.1) is 0 Å². The number of hydrogen-bond acceptors (Lipinski definition) is 4. The van der Waals surface area contributed by atoms with Crippen molar-refractivity contribution in [2.75, 3.05) is 7.05 Å². The van der Waals surface area contributed by atoms with Gasteiger partial charge in [0.1, 0.15) is 29.3 Å². The summed E-state index contributed by atoms with van der Waals surface area (Å²) in [6.45, 7) is 0. The zero-order valence-electron chi connectivity index (χ0n) is 14.4. The number of hydrogen-bond donors (Lipinski definition) is 1. The van der Waals surface area contributed by atoms with E-state index in [9.17, 15) is 9.59 Å². The maximum atomic E-state index is 12.7. The lowest BCUT2D eigenvalue weighted by molar-refractivity contribution is -0.136. The lowest BCUT2D eigenvalue weighted by Crippen LogP contribution is -2.51. The van der Waals surface area contributed by atoms with Gasteiger partial charge in [0.05, 0.1) is 6.04 Å². The zero-order valence-corrected chi connectivity index (χ0v) is 14.4. The molecule has 0 aliphatic carbocycles. The Morgan fingerprint density at radius 3 is 2.72 bits per heavy atom. The van der Waals surface area contributed by atoms with Gasteiger partial charge in [0.25, 0.3) is 5.91 Å². The first kappa shape index (κ1) is 16.8. The summed E-state index contributed by atoms with van der Waals surface area (Å²) in [7, 11) is 5.28. The third-order valence-electron chi connectivity index (χ3n) is 4.77. The summed E-state index contributed by atoms with van der Waals surface area (Å²) >= 11 is 0. The molecule has 2 aromatic rings. The molecule has 0 radical (unpaired) electrons. The SMILES string of the molecule is CN1C(=O)CC[C@@H](NC(=O)c2ccc(C#N)n2C)[C@@H]1c1nccn1C. The van der Waals surface area contributed by atoms with Crippen LogP contribution < -0.4 is 5.32 Å². The number of likely N-dealkylation sites (tertiary alicyclic amines) is 1. The Hall–Kier alpha value is -3.08. The summed E-state index contributed by atoms with van der Waals surface area (Å²) in [6, 6.07) is 4.70. The van der Waals surface area contributed by atoms with Crippen LogP contribution >= 0.6 is 0 Å². The molecule has 1 saturated heterocycles. The molecule has 8 nitrogen and oxygen atoms in total. The Bertz CT molecular complexity index is 859. The Labute approximate surface area is 145 Å². The highest BCUT2D eigenvalue weighted by Crippen LogP contribution is 2.30. The topological polar surface area (TPSA) is 95.9 Å². The van der Waals surface area contributed by atoms with E-state index < -0.39 is 0 Å². The molecular weight excluding hydrogens is 320 g/mol. The number of likely N-dealkylation sites (N-methyl/N-ethyl adjacent to an activating group) is 1. The molecule has 3 heterocycles. The molecule has 1 fully saturated rings. The standard InChI is InChI=1S/C17H20N6O2/c1-21-9-8-19-16(21)15-12(5-7-14(24)23(15)3)20-17(25)13-6-4-11(10-18)22(13)2/h4,6,8-9,12,15H,5,7H2,1-3H3,(H,20,25)/t12-,15-/m1/s1. The Morgan fingerprint density at radius 2 is 2.12 bits per heavy atom. The van der Waals surface area contributed by atoms with Gasteiger partial charge in [-0.05, 0) is 18.6 Å². The third-order valence-corrected chi connectivity index (χ3v) is 4.77. The second-order valence-electron chi connectivity index (χ2n) is 6.24. The maximum absolute atomic E-state index is 12.7. The van der Waals surface area contributed by atoms with Crippen molar-refractivity contribution < 1.29 is 9.59 Å². The fourth-order valence-corrected chi connectivity index (χ4v) is 3.30. The van der Waals surface area contributed by atoms with Gasteiger partial charge >= 0.3 is 0 Å². The van der Waals surface area contributed by atoms with Crippen molar-refractivity contribution in [1.29, 1.82) is 5.26 Å². The fraction of sp³-hybridized carbons (Fsp3) is 0.412.